The third kappa shape index (κ3) is 11.3. The van der Waals surface area contributed by atoms with Crippen LogP contribution in [0.5, 0.6) is 0 Å². The Labute approximate surface area is 214 Å². The Bertz CT molecular complexity index is 855. The molecular weight excluding hydrogens is 532 g/mol. The molecule has 3 rings (SSSR count). The fourth-order valence-electron chi connectivity index (χ4n) is 4.09. The number of likely N-dealkylation sites (N-methyl/N-ethyl adjacent to an activating group) is 1. The zero-order valence-electron chi connectivity index (χ0n) is 20.4. The molecule has 2 aliphatic rings. The number of halogens is 6. The molecule has 2 aliphatic heterocycles. The van der Waals surface area contributed by atoms with Crippen molar-refractivity contribution in [3.8, 4) is 0 Å². The molecule has 1 aromatic rings. The number of hydrogen-bond donors (Lipinski definition) is 2. The second-order valence-electron chi connectivity index (χ2n) is 8.94. The standard InChI is InChI=1S/C18H29N3OS.2C2HF3O2/c1-19(2)11-12-21-17(22)4-7-18(21)6-3-9-20(10-8-18)14-16-5-13-23-15-16;2*3-2(4,5)1(6)7/h5,13,15H,3-4,6-12,14H2,1-2H3;2*(H,6,7). The number of thiophene rings is 1. The van der Waals surface area contributed by atoms with E-state index < -0.39 is 24.3 Å². The second kappa shape index (κ2) is 14.0. The topological polar surface area (TPSA) is 101 Å². The van der Waals surface area contributed by atoms with Crippen molar-refractivity contribution in [2.45, 2.75) is 56.5 Å². The molecule has 37 heavy (non-hydrogen) atoms. The largest absolute Gasteiger partial charge is 0.490 e. The number of alkyl halides is 6. The maximum atomic E-state index is 12.4. The van der Waals surface area contributed by atoms with E-state index in [-0.39, 0.29) is 5.54 Å². The number of carboxylic acids is 2. The summed E-state index contributed by atoms with van der Waals surface area (Å²) >= 11 is 1.78. The molecule has 2 N–H and O–H groups in total. The van der Waals surface area contributed by atoms with Crippen LogP contribution in [-0.2, 0) is 20.9 Å². The van der Waals surface area contributed by atoms with Gasteiger partial charge in [-0.3, -0.25) is 9.69 Å². The Hall–Kier alpha value is -2.39. The normalized spacial score (nSPS) is 20.7. The molecule has 1 atom stereocenters. The van der Waals surface area contributed by atoms with Gasteiger partial charge in [-0.2, -0.15) is 37.7 Å². The summed E-state index contributed by atoms with van der Waals surface area (Å²) in [7, 11) is 4.17. The summed E-state index contributed by atoms with van der Waals surface area (Å²) in [5.41, 5.74) is 1.56. The fourth-order valence-corrected chi connectivity index (χ4v) is 4.75. The van der Waals surface area contributed by atoms with Crippen molar-refractivity contribution in [2.75, 3.05) is 40.3 Å². The number of likely N-dealkylation sites (tertiary alicyclic amines) is 2. The summed E-state index contributed by atoms with van der Waals surface area (Å²) in [6.07, 6.45) is -4.85. The van der Waals surface area contributed by atoms with Crippen molar-refractivity contribution in [3.05, 3.63) is 22.4 Å². The Morgan fingerprint density at radius 1 is 1.03 bits per heavy atom. The molecular formula is C22H31F6N3O5S. The smallest absolute Gasteiger partial charge is 0.475 e. The van der Waals surface area contributed by atoms with Crippen molar-refractivity contribution >= 4 is 29.2 Å². The van der Waals surface area contributed by atoms with Crippen LogP contribution in [0.2, 0.25) is 0 Å². The Kier molecular flexibility index (Phi) is 12.3. The molecule has 8 nitrogen and oxygen atoms in total. The first kappa shape index (κ1) is 32.6. The van der Waals surface area contributed by atoms with Gasteiger partial charge in [0.15, 0.2) is 0 Å². The van der Waals surface area contributed by atoms with Gasteiger partial charge in [-0.15, -0.1) is 0 Å². The maximum absolute atomic E-state index is 12.4. The van der Waals surface area contributed by atoms with Gasteiger partial charge in [0.2, 0.25) is 5.91 Å². The van der Waals surface area contributed by atoms with Gasteiger partial charge in [0.05, 0.1) is 0 Å². The number of rotatable bonds is 5. The lowest BCUT2D eigenvalue weighted by Gasteiger charge is -2.39. The molecule has 0 aromatic carbocycles. The summed E-state index contributed by atoms with van der Waals surface area (Å²) in [6, 6.07) is 2.23. The molecule has 1 amide bonds. The minimum Gasteiger partial charge on any atom is -0.475 e. The molecule has 212 valence electrons. The van der Waals surface area contributed by atoms with Crippen LogP contribution in [0.3, 0.4) is 0 Å². The summed E-state index contributed by atoms with van der Waals surface area (Å²) < 4.78 is 63.5. The number of aliphatic carboxylic acids is 2. The van der Waals surface area contributed by atoms with E-state index in [1.165, 1.54) is 18.4 Å². The van der Waals surface area contributed by atoms with Crippen molar-refractivity contribution in [1.82, 2.24) is 14.7 Å². The highest BCUT2D eigenvalue weighted by Crippen LogP contribution is 2.39. The summed E-state index contributed by atoms with van der Waals surface area (Å²) in [4.78, 5) is 37.2. The van der Waals surface area contributed by atoms with Crippen LogP contribution in [-0.4, -0.2) is 101 Å². The molecule has 1 unspecified atom stereocenters. The van der Waals surface area contributed by atoms with E-state index in [0.717, 1.165) is 52.0 Å². The third-order valence-corrected chi connectivity index (χ3v) is 6.66. The predicted molar refractivity (Wildman–Crippen MR) is 123 cm³/mol. The van der Waals surface area contributed by atoms with E-state index in [2.05, 4.69) is 45.6 Å². The minimum atomic E-state index is -5.08. The SMILES string of the molecule is CN(C)CCN1C(=O)CCC12CCCN(Cc1ccsc1)CC2.O=C(O)C(F)(F)F.O=C(O)C(F)(F)F. The number of carboxylic acid groups (broad SMARTS) is 2. The molecule has 1 spiro atoms. The van der Waals surface area contributed by atoms with Crippen LogP contribution in [0.1, 0.15) is 37.7 Å². The number of hydrogen-bond acceptors (Lipinski definition) is 6. The first-order valence-electron chi connectivity index (χ1n) is 11.3. The molecule has 0 bridgehead atoms. The predicted octanol–water partition coefficient (Wildman–Crippen LogP) is 3.92. The van der Waals surface area contributed by atoms with E-state index in [1.54, 1.807) is 11.3 Å². The van der Waals surface area contributed by atoms with E-state index in [1.807, 2.05) is 0 Å². The van der Waals surface area contributed by atoms with Crippen molar-refractivity contribution in [3.63, 3.8) is 0 Å². The lowest BCUT2D eigenvalue weighted by atomic mass is 9.87. The van der Waals surface area contributed by atoms with Gasteiger partial charge in [-0.05, 0) is 68.7 Å². The first-order valence-corrected chi connectivity index (χ1v) is 12.2. The molecule has 3 heterocycles. The van der Waals surface area contributed by atoms with Gasteiger partial charge in [-0.25, -0.2) is 9.59 Å². The van der Waals surface area contributed by atoms with E-state index >= 15 is 0 Å². The molecule has 0 aliphatic carbocycles. The Balaban J connectivity index is 0.000000404. The Morgan fingerprint density at radius 3 is 2.05 bits per heavy atom. The zero-order valence-corrected chi connectivity index (χ0v) is 21.3. The molecule has 2 saturated heterocycles. The van der Waals surface area contributed by atoms with Crippen LogP contribution >= 0.6 is 11.3 Å². The van der Waals surface area contributed by atoms with Crippen LogP contribution in [0.25, 0.3) is 0 Å². The highest BCUT2D eigenvalue weighted by Gasteiger charge is 2.45. The van der Waals surface area contributed by atoms with E-state index in [9.17, 15) is 31.1 Å². The van der Waals surface area contributed by atoms with E-state index in [4.69, 9.17) is 19.8 Å². The van der Waals surface area contributed by atoms with Gasteiger partial charge >= 0.3 is 24.3 Å². The fraction of sp³-hybridized carbons (Fsp3) is 0.682. The summed E-state index contributed by atoms with van der Waals surface area (Å²) in [5.74, 6) is -5.14. The van der Waals surface area contributed by atoms with Crippen LogP contribution in [0.15, 0.2) is 16.8 Å². The van der Waals surface area contributed by atoms with Crippen molar-refractivity contribution in [2.24, 2.45) is 0 Å². The third-order valence-electron chi connectivity index (χ3n) is 5.93. The van der Waals surface area contributed by atoms with Crippen molar-refractivity contribution < 1.29 is 50.9 Å². The molecule has 0 saturated carbocycles. The molecule has 1 aromatic heterocycles. The highest BCUT2D eigenvalue weighted by molar-refractivity contribution is 7.07. The monoisotopic (exact) mass is 563 g/mol. The zero-order chi connectivity index (χ0) is 28.4. The van der Waals surface area contributed by atoms with Crippen LogP contribution in [0, 0.1) is 0 Å². The highest BCUT2D eigenvalue weighted by atomic mass is 32.1. The second-order valence-corrected chi connectivity index (χ2v) is 9.72. The average molecular weight is 564 g/mol. The number of amides is 1. The van der Waals surface area contributed by atoms with Crippen LogP contribution in [0.4, 0.5) is 26.3 Å². The molecule has 0 radical (unpaired) electrons. The average Bonchev–Trinajstić information content (AvgIpc) is 3.32. The van der Waals surface area contributed by atoms with Crippen LogP contribution < -0.4 is 0 Å². The first-order chi connectivity index (χ1) is 17.0. The van der Waals surface area contributed by atoms with Gasteiger partial charge in [0, 0.05) is 38.1 Å². The Morgan fingerprint density at radius 2 is 1.59 bits per heavy atom. The quantitative estimate of drug-likeness (QED) is 0.524. The van der Waals surface area contributed by atoms with Gasteiger partial charge in [0.1, 0.15) is 0 Å². The van der Waals surface area contributed by atoms with E-state index in [0.29, 0.717) is 5.91 Å². The lowest BCUT2D eigenvalue weighted by molar-refractivity contribution is -0.193. The maximum Gasteiger partial charge on any atom is 0.490 e. The number of nitrogens with zero attached hydrogens (tertiary/aromatic N) is 3. The minimum absolute atomic E-state index is 0.135. The summed E-state index contributed by atoms with van der Waals surface area (Å²) in [5, 5.41) is 18.7. The van der Waals surface area contributed by atoms with Gasteiger partial charge in [0.25, 0.3) is 0 Å². The summed E-state index contributed by atoms with van der Waals surface area (Å²) in [6.45, 7) is 5.18. The van der Waals surface area contributed by atoms with Gasteiger partial charge < -0.3 is 20.0 Å². The van der Waals surface area contributed by atoms with Gasteiger partial charge in [-0.1, -0.05) is 0 Å². The number of carbonyl (C=O) groups is 3. The molecule has 2 fully saturated rings. The number of carbonyl (C=O) groups excluding carboxylic acids is 1. The molecule has 15 heteroatoms. The lowest BCUT2D eigenvalue weighted by Crippen LogP contribution is -2.48. The van der Waals surface area contributed by atoms with Crippen molar-refractivity contribution in [1.29, 1.82) is 0 Å².